The average Bonchev–Trinajstić information content (AvgIpc) is 3.28. The van der Waals surface area contributed by atoms with Crippen LogP contribution in [0.25, 0.3) is 0 Å². The first-order valence-corrected chi connectivity index (χ1v) is 14.3. The summed E-state index contributed by atoms with van der Waals surface area (Å²) in [5.41, 5.74) is 5.11. The topological polar surface area (TPSA) is 54.4 Å². The Hall–Kier alpha value is -3.96. The molecule has 0 spiro atoms. The molecule has 4 atom stereocenters. The van der Waals surface area contributed by atoms with Crippen molar-refractivity contribution in [3.63, 3.8) is 0 Å². The normalized spacial score (nSPS) is 20.2. The molecule has 1 aliphatic heterocycles. The van der Waals surface area contributed by atoms with E-state index in [2.05, 4.69) is 11.8 Å². The van der Waals surface area contributed by atoms with Gasteiger partial charge < -0.3 is 24.3 Å². The summed E-state index contributed by atoms with van der Waals surface area (Å²) in [5, 5.41) is 12.8. The van der Waals surface area contributed by atoms with Gasteiger partial charge in [0.15, 0.2) is 0 Å². The van der Waals surface area contributed by atoms with Gasteiger partial charge in [-0.25, -0.2) is 0 Å². The number of hydroxylamine groups is 2. The summed E-state index contributed by atoms with van der Waals surface area (Å²) in [4.78, 5) is 2.05. The van der Waals surface area contributed by atoms with Gasteiger partial charge in [-0.1, -0.05) is 103 Å². The van der Waals surface area contributed by atoms with E-state index in [-0.39, 0.29) is 6.61 Å². The number of hydrogen-bond donors (Lipinski definition) is 1. The lowest BCUT2D eigenvalue weighted by atomic mass is 10.1. The summed E-state index contributed by atoms with van der Waals surface area (Å²) in [6.45, 7) is 1.44. The minimum atomic E-state index is -0.617. The Morgan fingerprint density at radius 1 is 0.667 bits per heavy atom. The van der Waals surface area contributed by atoms with Gasteiger partial charge in [0.1, 0.15) is 18.2 Å². The van der Waals surface area contributed by atoms with Crippen molar-refractivity contribution < 1.29 is 19.4 Å². The van der Waals surface area contributed by atoms with E-state index in [4.69, 9.17) is 14.2 Å². The number of rotatable bonds is 11. The van der Waals surface area contributed by atoms with Gasteiger partial charge in [0, 0.05) is 25.3 Å². The van der Waals surface area contributed by atoms with E-state index >= 15 is 0 Å². The molecular formula is C36H38N2O4. The highest BCUT2D eigenvalue weighted by molar-refractivity contribution is 5.49. The van der Waals surface area contributed by atoms with Gasteiger partial charge in [-0.3, -0.25) is 0 Å². The molecule has 216 valence electrons. The average molecular weight is 563 g/mol. The molecule has 42 heavy (non-hydrogen) atoms. The lowest BCUT2D eigenvalue weighted by molar-refractivity contribution is -0.155. The number of ether oxygens (including phenoxy) is 3. The van der Waals surface area contributed by atoms with E-state index in [0.717, 1.165) is 27.9 Å². The predicted octanol–water partition coefficient (Wildman–Crippen LogP) is 5.93. The fraction of sp³-hybridized carbons (Fsp3) is 0.278. The van der Waals surface area contributed by atoms with Gasteiger partial charge in [-0.15, -0.1) is 0 Å². The van der Waals surface area contributed by atoms with E-state index in [1.165, 1.54) is 5.06 Å². The molecule has 1 N–H and O–H groups in total. The van der Waals surface area contributed by atoms with Crippen molar-refractivity contribution in [2.45, 2.75) is 44.1 Å². The summed E-state index contributed by atoms with van der Waals surface area (Å²) in [7, 11) is 4.01. The van der Waals surface area contributed by atoms with Gasteiger partial charge in [-0.2, -0.15) is 5.06 Å². The van der Waals surface area contributed by atoms with Crippen LogP contribution in [-0.4, -0.2) is 55.3 Å². The Morgan fingerprint density at radius 2 is 1.17 bits per heavy atom. The zero-order chi connectivity index (χ0) is 29.1. The fourth-order valence-electron chi connectivity index (χ4n) is 5.02. The van der Waals surface area contributed by atoms with Gasteiger partial charge in [0.2, 0.25) is 0 Å². The van der Waals surface area contributed by atoms with Crippen LogP contribution < -0.4 is 4.90 Å². The summed E-state index contributed by atoms with van der Waals surface area (Å²) < 4.78 is 19.2. The second-order valence-corrected chi connectivity index (χ2v) is 10.6. The quantitative estimate of drug-likeness (QED) is 0.229. The first-order valence-electron chi connectivity index (χ1n) is 14.3. The Labute approximate surface area is 249 Å². The third-order valence-electron chi connectivity index (χ3n) is 7.36. The molecule has 6 nitrogen and oxygen atoms in total. The smallest absolute Gasteiger partial charge is 0.125 e. The van der Waals surface area contributed by atoms with Crippen molar-refractivity contribution >= 4 is 5.69 Å². The van der Waals surface area contributed by atoms with Crippen LogP contribution in [0.1, 0.15) is 22.3 Å². The van der Waals surface area contributed by atoms with E-state index in [0.29, 0.717) is 19.8 Å². The Morgan fingerprint density at radius 3 is 1.69 bits per heavy atom. The second kappa shape index (κ2) is 14.8. The van der Waals surface area contributed by atoms with E-state index in [1.54, 1.807) is 0 Å². The van der Waals surface area contributed by atoms with Crippen molar-refractivity contribution in [2.75, 3.05) is 25.6 Å². The zero-order valence-corrected chi connectivity index (χ0v) is 24.2. The highest BCUT2D eigenvalue weighted by Gasteiger charge is 2.50. The third kappa shape index (κ3) is 7.86. The second-order valence-electron chi connectivity index (χ2n) is 10.6. The number of benzene rings is 4. The van der Waals surface area contributed by atoms with Crippen LogP contribution in [0, 0.1) is 11.8 Å². The molecule has 0 amide bonds. The van der Waals surface area contributed by atoms with Gasteiger partial charge in [0.05, 0.1) is 32.5 Å². The Kier molecular flexibility index (Phi) is 10.4. The molecule has 6 heteroatoms. The minimum absolute atomic E-state index is 0.256. The molecule has 4 aromatic rings. The molecule has 0 aromatic heterocycles. The highest BCUT2D eigenvalue weighted by Crippen LogP contribution is 2.30. The van der Waals surface area contributed by atoms with E-state index in [9.17, 15) is 5.21 Å². The molecule has 1 saturated heterocycles. The molecule has 1 aliphatic rings. The van der Waals surface area contributed by atoms with Gasteiger partial charge in [-0.05, 0) is 41.0 Å². The van der Waals surface area contributed by atoms with Gasteiger partial charge in [0.25, 0.3) is 0 Å². The van der Waals surface area contributed by atoms with Crippen LogP contribution in [0.15, 0.2) is 115 Å². The lowest BCUT2D eigenvalue weighted by Crippen LogP contribution is -2.40. The van der Waals surface area contributed by atoms with Crippen LogP contribution in [0.3, 0.4) is 0 Å². The summed E-state index contributed by atoms with van der Waals surface area (Å²) in [6.07, 6.45) is -0.997. The summed E-state index contributed by atoms with van der Waals surface area (Å²) >= 11 is 0. The van der Waals surface area contributed by atoms with Crippen LogP contribution >= 0.6 is 0 Å². The monoisotopic (exact) mass is 562 g/mol. The lowest BCUT2D eigenvalue weighted by Gasteiger charge is -2.25. The molecule has 4 aromatic carbocycles. The summed E-state index contributed by atoms with van der Waals surface area (Å²) in [6, 6.07) is 37.0. The highest BCUT2D eigenvalue weighted by atomic mass is 16.6. The van der Waals surface area contributed by atoms with Crippen LogP contribution in [0.2, 0.25) is 0 Å². The van der Waals surface area contributed by atoms with Crippen molar-refractivity contribution in [1.82, 2.24) is 5.06 Å². The SMILES string of the molecule is CN(C)c1ccc(C#C[C@H]2[C@H](OCc3ccccc3)[C@@H](OCc3ccccc3)[C@H](COCc3ccccc3)N2O)cc1. The Bertz CT molecular complexity index is 1420. The van der Waals surface area contributed by atoms with Crippen LogP contribution in [0.5, 0.6) is 0 Å². The van der Waals surface area contributed by atoms with Crippen molar-refractivity contribution in [2.24, 2.45) is 0 Å². The molecule has 0 radical (unpaired) electrons. The van der Waals surface area contributed by atoms with Crippen molar-refractivity contribution in [3.8, 4) is 11.8 Å². The summed E-state index contributed by atoms with van der Waals surface area (Å²) in [5.74, 6) is 6.56. The molecule has 0 unspecified atom stereocenters. The predicted molar refractivity (Wildman–Crippen MR) is 165 cm³/mol. The molecule has 0 aliphatic carbocycles. The third-order valence-corrected chi connectivity index (χ3v) is 7.36. The molecule has 1 heterocycles. The standard InChI is InChI=1S/C36H38N2O4/c1-37(2)32-21-18-28(19-22-32)20-23-33-35(41-25-30-14-8-4-9-15-30)36(42-26-31-16-10-5-11-17-31)34(38(33)39)27-40-24-29-12-6-3-7-13-29/h3-19,21-22,33-36,39H,24-27H2,1-2H3/t33-,34-,35-,36-/m0/s1. The first kappa shape index (κ1) is 29.5. The Balaban J connectivity index is 1.40. The molecule has 1 fully saturated rings. The molecule has 0 saturated carbocycles. The molecule has 5 rings (SSSR count). The maximum Gasteiger partial charge on any atom is 0.125 e. The first-order chi connectivity index (χ1) is 20.6. The number of hydrogen-bond acceptors (Lipinski definition) is 6. The largest absolute Gasteiger partial charge is 0.378 e. The maximum atomic E-state index is 11.6. The van der Waals surface area contributed by atoms with Crippen LogP contribution in [-0.2, 0) is 34.0 Å². The maximum absolute atomic E-state index is 11.6. The van der Waals surface area contributed by atoms with Crippen molar-refractivity contribution in [1.29, 1.82) is 0 Å². The minimum Gasteiger partial charge on any atom is -0.378 e. The zero-order valence-electron chi connectivity index (χ0n) is 24.2. The van der Waals surface area contributed by atoms with E-state index < -0.39 is 24.3 Å². The molecular weight excluding hydrogens is 524 g/mol. The fourth-order valence-corrected chi connectivity index (χ4v) is 5.02. The van der Waals surface area contributed by atoms with Crippen molar-refractivity contribution in [3.05, 3.63) is 138 Å². The number of nitrogens with zero attached hydrogens (tertiary/aromatic N) is 2. The van der Waals surface area contributed by atoms with Crippen LogP contribution in [0.4, 0.5) is 5.69 Å². The number of anilines is 1. The van der Waals surface area contributed by atoms with E-state index in [1.807, 2.05) is 134 Å². The van der Waals surface area contributed by atoms with Gasteiger partial charge >= 0.3 is 0 Å². The molecule has 0 bridgehead atoms.